The average Bonchev–Trinajstić information content (AvgIpc) is 3.10. The zero-order chi connectivity index (χ0) is 22.6. The van der Waals surface area contributed by atoms with E-state index in [1.165, 1.54) is 24.3 Å². The van der Waals surface area contributed by atoms with E-state index in [2.05, 4.69) is 21.9 Å². The van der Waals surface area contributed by atoms with Crippen molar-refractivity contribution in [3.05, 3.63) is 53.6 Å². The molecule has 0 radical (unpaired) electrons. The first-order valence-corrected chi connectivity index (χ1v) is 8.98. The Morgan fingerprint density at radius 1 is 1.16 bits per heavy atom. The summed E-state index contributed by atoms with van der Waals surface area (Å²) < 4.78 is 74.4. The summed E-state index contributed by atoms with van der Waals surface area (Å²) in [5.74, 6) is 3.61. The lowest BCUT2D eigenvalue weighted by Gasteiger charge is -2.14. The van der Waals surface area contributed by atoms with Crippen molar-refractivity contribution in [2.75, 3.05) is 13.2 Å². The molecule has 2 aromatic carbocycles. The van der Waals surface area contributed by atoms with Crippen molar-refractivity contribution in [3.63, 3.8) is 0 Å². The van der Waals surface area contributed by atoms with E-state index >= 15 is 0 Å². The number of alkyl halides is 5. The van der Waals surface area contributed by atoms with Gasteiger partial charge in [-0.2, -0.15) is 22.0 Å². The van der Waals surface area contributed by atoms with Crippen LogP contribution in [0.15, 0.2) is 42.5 Å². The minimum atomic E-state index is -4.72. The van der Waals surface area contributed by atoms with Gasteiger partial charge in [-0.15, -0.1) is 0 Å². The Kier molecular flexibility index (Phi) is 6.77. The lowest BCUT2D eigenvalue weighted by atomic mass is 9.97. The lowest BCUT2D eigenvalue weighted by Crippen LogP contribution is -2.41. The van der Waals surface area contributed by atoms with E-state index in [1.54, 1.807) is 0 Å². The number of hydrogen-bond acceptors (Lipinski definition) is 4. The molecular formula is C21H16F5NO4. The van der Waals surface area contributed by atoms with Crippen LogP contribution in [0.2, 0.25) is 0 Å². The molecule has 0 spiro atoms. The Bertz CT molecular complexity index is 996. The van der Waals surface area contributed by atoms with Crippen LogP contribution in [-0.4, -0.2) is 43.0 Å². The molecule has 31 heavy (non-hydrogen) atoms. The summed E-state index contributed by atoms with van der Waals surface area (Å²) in [6.45, 7) is -2.86. The Balaban J connectivity index is 1.83. The number of nitrogens with one attached hydrogen (secondary N) is 1. The minimum absolute atomic E-state index is 0.0490. The molecule has 1 aliphatic heterocycles. The van der Waals surface area contributed by atoms with Crippen molar-refractivity contribution in [1.29, 1.82) is 0 Å². The fourth-order valence-electron chi connectivity index (χ4n) is 2.94. The maximum absolute atomic E-state index is 13.6. The van der Waals surface area contributed by atoms with Gasteiger partial charge in [0.1, 0.15) is 5.75 Å². The molecule has 1 aliphatic rings. The number of aliphatic hydroxyl groups is 1. The van der Waals surface area contributed by atoms with Crippen molar-refractivity contribution in [3.8, 4) is 28.7 Å². The Morgan fingerprint density at radius 3 is 2.45 bits per heavy atom. The highest BCUT2D eigenvalue weighted by Crippen LogP contribution is 2.38. The number of hydrogen-bond donors (Lipinski definition) is 2. The number of aliphatic hydroxyl groups excluding tert-OH is 1. The van der Waals surface area contributed by atoms with E-state index in [9.17, 15) is 31.9 Å². The number of amides is 1. The largest absolute Gasteiger partial charge is 0.435 e. The number of benzene rings is 2. The number of carbonyl (C=O) groups is 1. The number of halogens is 5. The van der Waals surface area contributed by atoms with E-state index in [4.69, 9.17) is 4.74 Å². The molecule has 2 aromatic rings. The first kappa shape index (κ1) is 22.5. The third-order valence-corrected chi connectivity index (χ3v) is 4.40. The summed E-state index contributed by atoms with van der Waals surface area (Å²) >= 11 is 0. The van der Waals surface area contributed by atoms with Crippen molar-refractivity contribution in [1.82, 2.24) is 5.32 Å². The van der Waals surface area contributed by atoms with Crippen LogP contribution in [0.1, 0.15) is 11.1 Å². The summed E-state index contributed by atoms with van der Waals surface area (Å²) in [5, 5.41) is 12.0. The molecular weight excluding hydrogens is 425 g/mol. The first-order valence-electron chi connectivity index (χ1n) is 8.98. The van der Waals surface area contributed by atoms with Crippen LogP contribution in [0.4, 0.5) is 22.0 Å². The van der Waals surface area contributed by atoms with Gasteiger partial charge in [0.2, 0.25) is 0 Å². The quantitative estimate of drug-likeness (QED) is 0.565. The monoisotopic (exact) mass is 441 g/mol. The summed E-state index contributed by atoms with van der Waals surface area (Å²) in [6, 6.07) is 7.40. The highest BCUT2D eigenvalue weighted by molar-refractivity contribution is 5.94. The standard InChI is InChI=1S/C21H16F5NO4/c22-20(23)31-14-5-3-13(4-6-14)15-7-1-12(9-16(15)21(24,25)26)2-8-19(29)27-17-10-30-11-18(17)28/h1,3-7,9,17-18,20,28H,10-11H2,(H,27,29)/t17-,18+/m1/s1. The van der Waals surface area contributed by atoms with E-state index in [0.29, 0.717) is 0 Å². The first-order chi connectivity index (χ1) is 14.6. The smallest absolute Gasteiger partial charge is 0.417 e. The van der Waals surface area contributed by atoms with Gasteiger partial charge < -0.3 is 19.9 Å². The zero-order valence-electron chi connectivity index (χ0n) is 15.7. The Hall–Kier alpha value is -3.16. The molecule has 1 amide bonds. The molecule has 3 rings (SSSR count). The van der Waals surface area contributed by atoms with Crippen LogP contribution in [0.5, 0.6) is 5.75 Å². The van der Waals surface area contributed by atoms with Crippen LogP contribution in [0, 0.1) is 11.8 Å². The molecule has 1 saturated heterocycles. The maximum Gasteiger partial charge on any atom is 0.417 e. The van der Waals surface area contributed by atoms with Crippen LogP contribution >= 0.6 is 0 Å². The van der Waals surface area contributed by atoms with E-state index in [0.717, 1.165) is 18.2 Å². The molecule has 0 bridgehead atoms. The molecule has 1 heterocycles. The van der Waals surface area contributed by atoms with Gasteiger partial charge >= 0.3 is 12.8 Å². The third kappa shape index (κ3) is 5.93. The molecule has 1 fully saturated rings. The van der Waals surface area contributed by atoms with Crippen LogP contribution in [-0.2, 0) is 15.7 Å². The molecule has 10 heteroatoms. The Morgan fingerprint density at radius 2 is 1.87 bits per heavy atom. The lowest BCUT2D eigenvalue weighted by molar-refractivity contribution is -0.137. The minimum Gasteiger partial charge on any atom is -0.435 e. The van der Waals surface area contributed by atoms with Crippen molar-refractivity contribution < 1.29 is 41.3 Å². The molecule has 0 saturated carbocycles. The van der Waals surface area contributed by atoms with Gasteiger partial charge in [0, 0.05) is 11.5 Å². The van der Waals surface area contributed by atoms with Gasteiger partial charge in [0.05, 0.1) is 30.9 Å². The third-order valence-electron chi connectivity index (χ3n) is 4.40. The van der Waals surface area contributed by atoms with E-state index < -0.39 is 36.4 Å². The molecule has 164 valence electrons. The van der Waals surface area contributed by atoms with Gasteiger partial charge in [0.25, 0.3) is 5.91 Å². The van der Waals surface area contributed by atoms with Gasteiger partial charge in [-0.3, -0.25) is 4.79 Å². The summed E-state index contributed by atoms with van der Waals surface area (Å²) in [6.07, 6.45) is -5.60. The highest BCUT2D eigenvalue weighted by atomic mass is 19.4. The molecule has 0 unspecified atom stereocenters. The zero-order valence-corrected chi connectivity index (χ0v) is 15.7. The van der Waals surface area contributed by atoms with E-state index in [1.807, 2.05) is 0 Å². The highest BCUT2D eigenvalue weighted by Gasteiger charge is 2.34. The maximum atomic E-state index is 13.6. The molecule has 0 aromatic heterocycles. The van der Waals surface area contributed by atoms with Crippen LogP contribution in [0.3, 0.4) is 0 Å². The molecule has 2 N–H and O–H groups in total. The average molecular weight is 441 g/mol. The van der Waals surface area contributed by atoms with Crippen LogP contribution < -0.4 is 10.1 Å². The summed E-state index contributed by atoms with van der Waals surface area (Å²) in [4.78, 5) is 11.9. The fraction of sp³-hybridized carbons (Fsp3) is 0.286. The van der Waals surface area contributed by atoms with Crippen molar-refractivity contribution >= 4 is 5.91 Å². The number of rotatable bonds is 4. The van der Waals surface area contributed by atoms with Gasteiger partial charge in [-0.1, -0.05) is 24.1 Å². The van der Waals surface area contributed by atoms with Crippen LogP contribution in [0.25, 0.3) is 11.1 Å². The topological polar surface area (TPSA) is 67.8 Å². The predicted octanol–water partition coefficient (Wildman–Crippen LogP) is 3.20. The second kappa shape index (κ2) is 9.32. The van der Waals surface area contributed by atoms with Crippen molar-refractivity contribution in [2.24, 2.45) is 0 Å². The second-order valence-electron chi connectivity index (χ2n) is 6.60. The van der Waals surface area contributed by atoms with Gasteiger partial charge in [0.15, 0.2) is 0 Å². The number of ether oxygens (including phenoxy) is 2. The van der Waals surface area contributed by atoms with E-state index in [-0.39, 0.29) is 35.7 Å². The Labute approximate surface area is 173 Å². The second-order valence-corrected chi connectivity index (χ2v) is 6.60. The predicted molar refractivity (Wildman–Crippen MR) is 99.1 cm³/mol. The summed E-state index contributed by atoms with van der Waals surface area (Å²) in [7, 11) is 0. The molecule has 0 aliphatic carbocycles. The SMILES string of the molecule is O=C(C#Cc1ccc(-c2ccc(OC(F)F)cc2)c(C(F)(F)F)c1)N[C@@H]1COC[C@@H]1O. The van der Waals surface area contributed by atoms with Gasteiger partial charge in [-0.05, 0) is 35.4 Å². The van der Waals surface area contributed by atoms with Gasteiger partial charge in [-0.25, -0.2) is 0 Å². The summed E-state index contributed by atoms with van der Waals surface area (Å²) in [5.41, 5.74) is -1.09. The number of carbonyl (C=O) groups excluding carboxylic acids is 1. The fourth-order valence-corrected chi connectivity index (χ4v) is 2.94. The molecule has 5 nitrogen and oxygen atoms in total. The normalized spacial score (nSPS) is 18.4. The molecule has 2 atom stereocenters. The van der Waals surface area contributed by atoms with Crippen molar-refractivity contribution in [2.45, 2.75) is 24.9 Å².